The number of hydrogen-bond acceptors (Lipinski definition) is 4. The number of nitro groups is 1. The fourth-order valence-corrected chi connectivity index (χ4v) is 1.53. The normalized spacial score (nSPS) is 12.1. The first kappa shape index (κ1) is 13.3. The van der Waals surface area contributed by atoms with E-state index in [-0.39, 0.29) is 17.9 Å². The molecular formula is C12H15NO4. The molecule has 0 amide bonds. The third-order valence-corrected chi connectivity index (χ3v) is 2.44. The van der Waals surface area contributed by atoms with E-state index in [0.29, 0.717) is 12.0 Å². The molecule has 1 aromatic rings. The molecule has 1 N–H and O–H groups in total. The zero-order valence-corrected chi connectivity index (χ0v) is 9.63. The minimum Gasteiger partial charge on any atom is -0.388 e. The predicted molar refractivity (Wildman–Crippen MR) is 62.6 cm³/mol. The summed E-state index contributed by atoms with van der Waals surface area (Å²) in [7, 11) is 0. The van der Waals surface area contributed by atoms with Crippen LogP contribution in [-0.2, 0) is 4.79 Å². The quantitative estimate of drug-likeness (QED) is 0.608. The summed E-state index contributed by atoms with van der Waals surface area (Å²) in [6.07, 6.45) is 0.386. The number of aliphatic hydroxyl groups excluding tert-OH is 1. The summed E-state index contributed by atoms with van der Waals surface area (Å²) in [5, 5.41) is 20.2. The van der Waals surface area contributed by atoms with E-state index < -0.39 is 11.0 Å². The largest absolute Gasteiger partial charge is 0.388 e. The number of carbonyl (C=O) groups is 1. The van der Waals surface area contributed by atoms with Gasteiger partial charge in [-0.25, -0.2) is 0 Å². The molecule has 0 fully saturated rings. The maximum atomic E-state index is 11.3. The lowest BCUT2D eigenvalue weighted by molar-refractivity contribution is -0.384. The Labute approximate surface area is 99.2 Å². The SMILES string of the molecule is CCCC(=O)CC(O)c1ccc([N+](=O)[O-])cc1. The summed E-state index contributed by atoms with van der Waals surface area (Å²) in [5.41, 5.74) is 0.501. The third-order valence-electron chi connectivity index (χ3n) is 2.44. The smallest absolute Gasteiger partial charge is 0.269 e. The van der Waals surface area contributed by atoms with Gasteiger partial charge in [0.05, 0.1) is 11.0 Å². The van der Waals surface area contributed by atoms with Gasteiger partial charge in [0.1, 0.15) is 5.78 Å². The van der Waals surface area contributed by atoms with Crippen LogP contribution < -0.4 is 0 Å². The highest BCUT2D eigenvalue weighted by molar-refractivity contribution is 5.78. The number of Topliss-reactive ketones (excluding diaryl/α,β-unsaturated/α-hetero) is 1. The van der Waals surface area contributed by atoms with Crippen molar-refractivity contribution in [2.75, 3.05) is 0 Å². The first-order chi connectivity index (χ1) is 8.04. The van der Waals surface area contributed by atoms with Gasteiger partial charge < -0.3 is 5.11 Å². The lowest BCUT2D eigenvalue weighted by Crippen LogP contribution is -2.06. The van der Waals surface area contributed by atoms with Gasteiger partial charge in [-0.05, 0) is 24.1 Å². The third kappa shape index (κ3) is 3.96. The van der Waals surface area contributed by atoms with Gasteiger partial charge in [-0.1, -0.05) is 6.92 Å². The number of hydrogen-bond donors (Lipinski definition) is 1. The molecule has 1 aromatic carbocycles. The van der Waals surface area contributed by atoms with Crippen molar-refractivity contribution < 1.29 is 14.8 Å². The molecule has 5 nitrogen and oxygen atoms in total. The van der Waals surface area contributed by atoms with Crippen LogP contribution in [0.4, 0.5) is 5.69 Å². The van der Waals surface area contributed by atoms with Crippen LogP contribution >= 0.6 is 0 Å². The van der Waals surface area contributed by atoms with Crippen LogP contribution in [0.15, 0.2) is 24.3 Å². The molecule has 0 heterocycles. The van der Waals surface area contributed by atoms with Crippen molar-refractivity contribution in [2.45, 2.75) is 32.3 Å². The Kier molecular flexibility index (Phi) is 4.78. The van der Waals surface area contributed by atoms with Crippen LogP contribution in [-0.4, -0.2) is 15.8 Å². The minimum atomic E-state index is -0.880. The standard InChI is InChI=1S/C12H15NO4/c1-2-3-11(14)8-12(15)9-4-6-10(7-5-9)13(16)17/h4-7,12,15H,2-3,8H2,1H3. The van der Waals surface area contributed by atoms with Crippen LogP contribution in [0, 0.1) is 10.1 Å². The molecule has 0 aliphatic rings. The zero-order valence-electron chi connectivity index (χ0n) is 9.63. The highest BCUT2D eigenvalue weighted by Gasteiger charge is 2.13. The molecular weight excluding hydrogens is 222 g/mol. The van der Waals surface area contributed by atoms with E-state index in [4.69, 9.17) is 0 Å². The fraction of sp³-hybridized carbons (Fsp3) is 0.417. The fourth-order valence-electron chi connectivity index (χ4n) is 1.53. The maximum Gasteiger partial charge on any atom is 0.269 e. The van der Waals surface area contributed by atoms with Crippen molar-refractivity contribution >= 4 is 11.5 Å². The number of carbonyl (C=O) groups excluding carboxylic acids is 1. The van der Waals surface area contributed by atoms with E-state index in [1.807, 2.05) is 6.92 Å². The summed E-state index contributed by atoms with van der Waals surface area (Å²) in [6, 6.07) is 5.59. The van der Waals surface area contributed by atoms with Crippen molar-refractivity contribution in [2.24, 2.45) is 0 Å². The molecule has 92 valence electrons. The highest BCUT2D eigenvalue weighted by atomic mass is 16.6. The number of ketones is 1. The second-order valence-corrected chi connectivity index (χ2v) is 3.86. The first-order valence-electron chi connectivity index (χ1n) is 5.48. The molecule has 0 aliphatic carbocycles. The Morgan fingerprint density at radius 2 is 2.00 bits per heavy atom. The molecule has 0 radical (unpaired) electrons. The summed E-state index contributed by atoms with van der Waals surface area (Å²) in [6.45, 7) is 1.90. The Balaban J connectivity index is 2.66. The highest BCUT2D eigenvalue weighted by Crippen LogP contribution is 2.20. The van der Waals surface area contributed by atoms with E-state index >= 15 is 0 Å². The lowest BCUT2D eigenvalue weighted by Gasteiger charge is -2.09. The Morgan fingerprint density at radius 3 is 2.47 bits per heavy atom. The van der Waals surface area contributed by atoms with Crippen LogP contribution in [0.1, 0.15) is 37.9 Å². The predicted octanol–water partition coefficient (Wildman–Crippen LogP) is 2.39. The molecule has 0 saturated heterocycles. The molecule has 1 unspecified atom stereocenters. The summed E-state index contributed by atoms with van der Waals surface area (Å²) < 4.78 is 0. The van der Waals surface area contributed by atoms with E-state index in [1.165, 1.54) is 24.3 Å². The molecule has 0 spiro atoms. The van der Waals surface area contributed by atoms with Crippen LogP contribution in [0.3, 0.4) is 0 Å². The topological polar surface area (TPSA) is 80.4 Å². The van der Waals surface area contributed by atoms with Gasteiger partial charge in [-0.15, -0.1) is 0 Å². The molecule has 0 saturated carbocycles. The second-order valence-electron chi connectivity index (χ2n) is 3.86. The summed E-state index contributed by atoms with van der Waals surface area (Å²) in [4.78, 5) is 21.3. The molecule has 17 heavy (non-hydrogen) atoms. The van der Waals surface area contributed by atoms with Gasteiger partial charge in [0.25, 0.3) is 5.69 Å². The van der Waals surface area contributed by atoms with Crippen molar-refractivity contribution in [3.8, 4) is 0 Å². The van der Waals surface area contributed by atoms with Gasteiger partial charge >= 0.3 is 0 Å². The van der Waals surface area contributed by atoms with Crippen molar-refractivity contribution in [3.05, 3.63) is 39.9 Å². The van der Waals surface area contributed by atoms with Crippen LogP contribution in [0.25, 0.3) is 0 Å². The van der Waals surface area contributed by atoms with E-state index in [1.54, 1.807) is 0 Å². The zero-order chi connectivity index (χ0) is 12.8. The van der Waals surface area contributed by atoms with Crippen LogP contribution in [0.2, 0.25) is 0 Å². The van der Waals surface area contributed by atoms with Gasteiger partial charge in [-0.2, -0.15) is 0 Å². The van der Waals surface area contributed by atoms with Crippen molar-refractivity contribution in [1.29, 1.82) is 0 Å². The van der Waals surface area contributed by atoms with Gasteiger partial charge in [0.15, 0.2) is 0 Å². The number of benzene rings is 1. The Hall–Kier alpha value is -1.75. The van der Waals surface area contributed by atoms with Crippen molar-refractivity contribution in [3.63, 3.8) is 0 Å². The van der Waals surface area contributed by atoms with Crippen LogP contribution in [0.5, 0.6) is 0 Å². The van der Waals surface area contributed by atoms with Gasteiger partial charge in [0, 0.05) is 25.0 Å². The van der Waals surface area contributed by atoms with Gasteiger partial charge in [-0.3, -0.25) is 14.9 Å². The van der Waals surface area contributed by atoms with E-state index in [2.05, 4.69) is 0 Å². The monoisotopic (exact) mass is 237 g/mol. The number of non-ortho nitro benzene ring substituents is 1. The van der Waals surface area contributed by atoms with Crippen molar-refractivity contribution in [1.82, 2.24) is 0 Å². The molecule has 0 aromatic heterocycles. The molecule has 1 atom stereocenters. The summed E-state index contributed by atoms with van der Waals surface area (Å²) in [5.74, 6) is -0.00153. The van der Waals surface area contributed by atoms with E-state index in [0.717, 1.165) is 6.42 Å². The Bertz CT molecular complexity index is 399. The number of nitrogens with zero attached hydrogens (tertiary/aromatic N) is 1. The summed E-state index contributed by atoms with van der Waals surface area (Å²) >= 11 is 0. The Morgan fingerprint density at radius 1 is 1.41 bits per heavy atom. The molecule has 0 bridgehead atoms. The van der Waals surface area contributed by atoms with E-state index in [9.17, 15) is 20.0 Å². The number of aliphatic hydroxyl groups is 1. The average molecular weight is 237 g/mol. The number of rotatable bonds is 6. The van der Waals surface area contributed by atoms with Gasteiger partial charge in [0.2, 0.25) is 0 Å². The number of nitro benzene ring substituents is 1. The minimum absolute atomic E-state index is 0.00153. The lowest BCUT2D eigenvalue weighted by atomic mass is 10.0. The molecule has 0 aliphatic heterocycles. The molecule has 1 rings (SSSR count). The first-order valence-corrected chi connectivity index (χ1v) is 5.48. The maximum absolute atomic E-state index is 11.3. The average Bonchev–Trinajstić information content (AvgIpc) is 2.29. The second kappa shape index (κ2) is 6.10. The molecule has 5 heteroatoms.